The van der Waals surface area contributed by atoms with E-state index >= 15 is 0 Å². The van der Waals surface area contributed by atoms with Gasteiger partial charge in [0.25, 0.3) is 0 Å². The van der Waals surface area contributed by atoms with Gasteiger partial charge < -0.3 is 10.6 Å². The molecule has 2 unspecified atom stereocenters. The van der Waals surface area contributed by atoms with Crippen molar-refractivity contribution in [2.24, 2.45) is 0 Å². The number of likely N-dealkylation sites (N-methyl/N-ethyl adjacent to an activating group) is 1. The lowest BCUT2D eigenvalue weighted by molar-refractivity contribution is -0.135. The summed E-state index contributed by atoms with van der Waals surface area (Å²) in [5.41, 5.74) is 7.52. The molecule has 0 bridgehead atoms. The minimum atomic E-state index is -0.126. The van der Waals surface area contributed by atoms with Crippen molar-refractivity contribution < 1.29 is 4.79 Å². The minimum absolute atomic E-state index is 0.126. The average molecular weight is 275 g/mol. The van der Waals surface area contributed by atoms with Crippen LogP contribution in [0.25, 0.3) is 0 Å². The third kappa shape index (κ3) is 3.12. The quantitative estimate of drug-likeness (QED) is 0.858. The maximum atomic E-state index is 12.6. The van der Waals surface area contributed by atoms with Crippen molar-refractivity contribution >= 4 is 11.6 Å². The Hall–Kier alpha value is -1.55. The summed E-state index contributed by atoms with van der Waals surface area (Å²) in [7, 11) is 2.14. The molecule has 1 heterocycles. The van der Waals surface area contributed by atoms with Crippen LogP contribution in [0.5, 0.6) is 0 Å². The fourth-order valence-electron chi connectivity index (χ4n) is 2.83. The maximum Gasteiger partial charge on any atom is 0.229 e. The number of nitrogens with zero attached hydrogens (tertiary/aromatic N) is 2. The number of carbonyl (C=O) groups excluding carboxylic acids is 1. The first kappa shape index (κ1) is 14.9. The van der Waals surface area contributed by atoms with E-state index in [0.29, 0.717) is 11.7 Å². The van der Waals surface area contributed by atoms with Crippen molar-refractivity contribution in [1.29, 1.82) is 0 Å². The average Bonchev–Trinajstić information content (AvgIpc) is 2.46. The second-order valence-corrected chi connectivity index (χ2v) is 5.72. The van der Waals surface area contributed by atoms with Gasteiger partial charge in [-0.05, 0) is 38.1 Å². The lowest BCUT2D eigenvalue weighted by Gasteiger charge is -2.40. The number of benzene rings is 1. The van der Waals surface area contributed by atoms with Gasteiger partial charge >= 0.3 is 0 Å². The summed E-state index contributed by atoms with van der Waals surface area (Å²) in [6.07, 6.45) is 1.08. The standard InChI is InChI=1S/C16H25N3O/c1-4-15-11-19(9-8-18(15)3)16(20)12(2)13-6-5-7-14(17)10-13/h5-7,10,12,15H,4,8-9,11,17H2,1-3H3. The molecular formula is C16H25N3O. The lowest BCUT2D eigenvalue weighted by Crippen LogP contribution is -2.53. The Labute approximate surface area is 121 Å². The lowest BCUT2D eigenvalue weighted by atomic mass is 9.98. The zero-order valence-electron chi connectivity index (χ0n) is 12.7. The first-order chi connectivity index (χ1) is 9.52. The van der Waals surface area contributed by atoms with Gasteiger partial charge in [0.05, 0.1) is 5.92 Å². The zero-order chi connectivity index (χ0) is 14.7. The highest BCUT2D eigenvalue weighted by atomic mass is 16.2. The molecule has 1 aromatic rings. The maximum absolute atomic E-state index is 12.6. The molecule has 2 N–H and O–H groups in total. The molecule has 110 valence electrons. The van der Waals surface area contributed by atoms with Crippen LogP contribution in [-0.2, 0) is 4.79 Å². The summed E-state index contributed by atoms with van der Waals surface area (Å²) in [6.45, 7) is 6.75. The van der Waals surface area contributed by atoms with E-state index in [-0.39, 0.29) is 11.8 Å². The number of hydrogen-bond acceptors (Lipinski definition) is 3. The van der Waals surface area contributed by atoms with E-state index < -0.39 is 0 Å². The second kappa shape index (κ2) is 6.27. The fourth-order valence-corrected chi connectivity index (χ4v) is 2.83. The van der Waals surface area contributed by atoms with Crippen LogP contribution in [0.4, 0.5) is 5.69 Å². The third-order valence-corrected chi connectivity index (χ3v) is 4.34. The summed E-state index contributed by atoms with van der Waals surface area (Å²) in [4.78, 5) is 17.0. The normalized spacial score (nSPS) is 21.8. The first-order valence-corrected chi connectivity index (χ1v) is 7.37. The van der Waals surface area contributed by atoms with E-state index in [4.69, 9.17) is 5.73 Å². The number of carbonyl (C=O) groups is 1. The topological polar surface area (TPSA) is 49.6 Å². The first-order valence-electron chi connectivity index (χ1n) is 7.37. The van der Waals surface area contributed by atoms with Gasteiger partial charge in [0.2, 0.25) is 5.91 Å². The summed E-state index contributed by atoms with van der Waals surface area (Å²) in [5.74, 6) is 0.0848. The van der Waals surface area contributed by atoms with Crippen LogP contribution in [0.2, 0.25) is 0 Å². The Bertz CT molecular complexity index is 475. The molecule has 2 atom stereocenters. The predicted molar refractivity (Wildman–Crippen MR) is 82.6 cm³/mol. The van der Waals surface area contributed by atoms with Gasteiger partial charge in [-0.2, -0.15) is 0 Å². The number of piperazine rings is 1. The number of nitrogens with two attached hydrogens (primary N) is 1. The summed E-state index contributed by atoms with van der Waals surface area (Å²) in [5, 5.41) is 0. The van der Waals surface area contributed by atoms with Crippen molar-refractivity contribution in [3.05, 3.63) is 29.8 Å². The molecular weight excluding hydrogens is 250 g/mol. The van der Waals surface area contributed by atoms with Gasteiger partial charge in [-0.25, -0.2) is 0 Å². The Morgan fingerprint density at radius 2 is 2.20 bits per heavy atom. The highest BCUT2D eigenvalue weighted by Crippen LogP contribution is 2.22. The largest absolute Gasteiger partial charge is 0.399 e. The van der Waals surface area contributed by atoms with E-state index in [1.807, 2.05) is 36.1 Å². The Kier molecular flexibility index (Phi) is 4.65. The molecule has 0 saturated carbocycles. The van der Waals surface area contributed by atoms with Gasteiger partial charge in [-0.1, -0.05) is 19.1 Å². The molecule has 20 heavy (non-hydrogen) atoms. The SMILES string of the molecule is CCC1CN(C(=O)C(C)c2cccc(N)c2)CCN1C. The number of nitrogen functional groups attached to an aromatic ring is 1. The van der Waals surface area contributed by atoms with Gasteiger partial charge in [-0.15, -0.1) is 0 Å². The molecule has 1 aromatic carbocycles. The van der Waals surface area contributed by atoms with Crippen LogP contribution in [0.15, 0.2) is 24.3 Å². The molecule has 0 aliphatic carbocycles. The number of amides is 1. The van der Waals surface area contributed by atoms with Gasteiger partial charge in [0, 0.05) is 31.4 Å². The van der Waals surface area contributed by atoms with E-state index in [2.05, 4.69) is 18.9 Å². The molecule has 1 aliphatic heterocycles. The monoisotopic (exact) mass is 275 g/mol. The van der Waals surface area contributed by atoms with Crippen molar-refractivity contribution in [2.45, 2.75) is 32.2 Å². The predicted octanol–water partition coefficient (Wildman–Crippen LogP) is 1.92. The van der Waals surface area contributed by atoms with Crippen molar-refractivity contribution in [3.63, 3.8) is 0 Å². The fraction of sp³-hybridized carbons (Fsp3) is 0.562. The van der Waals surface area contributed by atoms with Crippen LogP contribution in [0.1, 0.15) is 31.7 Å². The number of hydrogen-bond donors (Lipinski definition) is 1. The smallest absolute Gasteiger partial charge is 0.229 e. The Morgan fingerprint density at radius 1 is 1.45 bits per heavy atom. The van der Waals surface area contributed by atoms with Crippen molar-refractivity contribution in [3.8, 4) is 0 Å². The summed E-state index contributed by atoms with van der Waals surface area (Å²) in [6, 6.07) is 8.11. The highest BCUT2D eigenvalue weighted by Gasteiger charge is 2.29. The van der Waals surface area contributed by atoms with Gasteiger partial charge in [0.1, 0.15) is 0 Å². The third-order valence-electron chi connectivity index (χ3n) is 4.34. The molecule has 1 fully saturated rings. The molecule has 1 saturated heterocycles. The molecule has 1 aliphatic rings. The Balaban J connectivity index is 2.07. The highest BCUT2D eigenvalue weighted by molar-refractivity contribution is 5.83. The van der Waals surface area contributed by atoms with E-state index in [0.717, 1.165) is 31.6 Å². The Morgan fingerprint density at radius 3 is 2.85 bits per heavy atom. The van der Waals surface area contributed by atoms with Crippen LogP contribution in [-0.4, -0.2) is 48.4 Å². The molecule has 1 amide bonds. The van der Waals surface area contributed by atoms with E-state index in [1.165, 1.54) is 0 Å². The van der Waals surface area contributed by atoms with E-state index in [1.54, 1.807) is 0 Å². The summed E-state index contributed by atoms with van der Waals surface area (Å²) < 4.78 is 0. The molecule has 0 radical (unpaired) electrons. The van der Waals surface area contributed by atoms with Crippen LogP contribution >= 0.6 is 0 Å². The van der Waals surface area contributed by atoms with Crippen LogP contribution in [0.3, 0.4) is 0 Å². The van der Waals surface area contributed by atoms with Gasteiger partial charge in [-0.3, -0.25) is 9.69 Å². The van der Waals surface area contributed by atoms with Crippen LogP contribution in [0, 0.1) is 0 Å². The molecule has 0 aromatic heterocycles. The van der Waals surface area contributed by atoms with Gasteiger partial charge in [0.15, 0.2) is 0 Å². The van der Waals surface area contributed by atoms with Crippen LogP contribution < -0.4 is 5.73 Å². The second-order valence-electron chi connectivity index (χ2n) is 5.72. The number of anilines is 1. The van der Waals surface area contributed by atoms with Crippen molar-refractivity contribution in [2.75, 3.05) is 32.4 Å². The zero-order valence-corrected chi connectivity index (χ0v) is 12.7. The molecule has 2 rings (SSSR count). The van der Waals surface area contributed by atoms with Crippen molar-refractivity contribution in [1.82, 2.24) is 9.80 Å². The number of rotatable bonds is 3. The van der Waals surface area contributed by atoms with E-state index in [9.17, 15) is 4.79 Å². The molecule has 0 spiro atoms. The molecule has 4 heteroatoms. The molecule has 4 nitrogen and oxygen atoms in total. The minimum Gasteiger partial charge on any atom is -0.399 e. The summed E-state index contributed by atoms with van der Waals surface area (Å²) >= 11 is 0.